The minimum atomic E-state index is -0.330. The van der Waals surface area contributed by atoms with Crippen LogP contribution in [-0.2, 0) is 14.4 Å². The van der Waals surface area contributed by atoms with Crippen LogP contribution in [0.15, 0.2) is 84.9 Å². The number of nitrogens with one attached hydrogen (secondary N) is 1. The number of hydrogen-bond donors (Lipinski definition) is 2. The average molecular weight is 509 g/mol. The van der Waals surface area contributed by atoms with E-state index in [4.69, 9.17) is 15.4 Å². The van der Waals surface area contributed by atoms with Crippen molar-refractivity contribution in [2.24, 2.45) is 11.8 Å². The lowest BCUT2D eigenvalue weighted by molar-refractivity contribution is -0.121. The smallest absolute Gasteiger partial charge is 0.289 e. The number of ether oxygens (including phenoxy) is 2. The lowest BCUT2D eigenvalue weighted by Crippen LogP contribution is -2.29. The number of hydrogen-bond acceptors (Lipinski definition) is 5. The summed E-state index contributed by atoms with van der Waals surface area (Å²) in [6, 6.07) is 7.70. The van der Waals surface area contributed by atoms with Gasteiger partial charge in [-0.1, -0.05) is 50.4 Å². The van der Waals surface area contributed by atoms with Gasteiger partial charge in [0.2, 0.25) is 5.76 Å². The van der Waals surface area contributed by atoms with Gasteiger partial charge in [-0.05, 0) is 101 Å². The first-order valence-electron chi connectivity index (χ1n) is 13.2. The molecule has 0 aromatic heterocycles. The molecule has 1 saturated carbocycles. The summed E-state index contributed by atoms with van der Waals surface area (Å²) < 4.78 is 12.0. The van der Waals surface area contributed by atoms with Crippen molar-refractivity contribution in [2.75, 3.05) is 0 Å². The van der Waals surface area contributed by atoms with Gasteiger partial charge in [0.05, 0.1) is 18.2 Å². The molecular formula is C31H44N2O4. The molecule has 1 fully saturated rings. The minimum absolute atomic E-state index is 0.110. The summed E-state index contributed by atoms with van der Waals surface area (Å²) in [4.78, 5) is 17.0. The van der Waals surface area contributed by atoms with Crippen LogP contribution in [0.25, 0.3) is 0 Å². The molecular weight excluding hydrogens is 464 g/mol. The molecule has 1 unspecified atom stereocenters. The Balaban J connectivity index is 1.87. The zero-order valence-corrected chi connectivity index (χ0v) is 22.9. The molecule has 1 atom stereocenters. The lowest BCUT2D eigenvalue weighted by Gasteiger charge is -2.29. The van der Waals surface area contributed by atoms with E-state index in [2.05, 4.69) is 29.4 Å². The van der Waals surface area contributed by atoms with Crippen LogP contribution in [0.4, 0.5) is 0 Å². The molecule has 1 aliphatic carbocycles. The number of nitrogens with two attached hydrogens (primary N) is 1. The van der Waals surface area contributed by atoms with E-state index in [1.165, 1.54) is 5.57 Å². The van der Waals surface area contributed by atoms with Gasteiger partial charge in [-0.3, -0.25) is 4.79 Å². The van der Waals surface area contributed by atoms with Crippen molar-refractivity contribution >= 4 is 5.91 Å². The van der Waals surface area contributed by atoms with Gasteiger partial charge in [0.1, 0.15) is 11.5 Å². The zero-order chi connectivity index (χ0) is 27.2. The molecule has 0 saturated heterocycles. The third-order valence-electron chi connectivity index (χ3n) is 6.27. The highest BCUT2D eigenvalue weighted by Gasteiger charge is 2.23. The molecule has 1 amide bonds. The molecule has 37 heavy (non-hydrogen) atoms. The van der Waals surface area contributed by atoms with E-state index >= 15 is 0 Å². The van der Waals surface area contributed by atoms with Crippen molar-refractivity contribution < 1.29 is 19.1 Å². The molecule has 0 heterocycles. The maximum Gasteiger partial charge on any atom is 0.289 e. The summed E-state index contributed by atoms with van der Waals surface area (Å²) in [5.74, 6) is 7.14. The Hall–Kier alpha value is -3.25. The molecule has 202 valence electrons. The molecule has 0 spiro atoms. The molecule has 3 N–H and O–H groups in total. The molecule has 6 nitrogen and oxygen atoms in total. The van der Waals surface area contributed by atoms with Gasteiger partial charge in [0.15, 0.2) is 0 Å². The van der Waals surface area contributed by atoms with Crippen LogP contribution in [0.3, 0.4) is 0 Å². The van der Waals surface area contributed by atoms with Crippen molar-refractivity contribution in [3.8, 4) is 5.75 Å². The quantitative estimate of drug-likeness (QED) is 0.123. The van der Waals surface area contributed by atoms with Gasteiger partial charge in [0.25, 0.3) is 5.91 Å². The van der Waals surface area contributed by atoms with E-state index in [0.717, 1.165) is 43.4 Å². The van der Waals surface area contributed by atoms with Crippen molar-refractivity contribution in [1.29, 1.82) is 0 Å². The molecule has 2 rings (SSSR count). The summed E-state index contributed by atoms with van der Waals surface area (Å²) in [5, 5.41) is 2.91. The Morgan fingerprint density at radius 2 is 1.84 bits per heavy atom. The molecule has 0 aliphatic heterocycles. The van der Waals surface area contributed by atoms with Crippen molar-refractivity contribution in [2.45, 2.75) is 84.5 Å². The fourth-order valence-electron chi connectivity index (χ4n) is 4.46. The van der Waals surface area contributed by atoms with E-state index in [1.807, 2.05) is 64.1 Å². The highest BCUT2D eigenvalue weighted by molar-refractivity contribution is 5.91. The predicted molar refractivity (Wildman–Crippen MR) is 150 cm³/mol. The van der Waals surface area contributed by atoms with E-state index in [0.29, 0.717) is 18.1 Å². The van der Waals surface area contributed by atoms with Gasteiger partial charge in [-0.2, -0.15) is 5.90 Å². The number of benzene rings is 1. The molecule has 6 heteroatoms. The normalized spacial score (nSPS) is 19.4. The summed E-state index contributed by atoms with van der Waals surface area (Å²) in [6.45, 7) is 15.7. The summed E-state index contributed by atoms with van der Waals surface area (Å²) in [6.07, 6.45) is 15.8. The second-order valence-electron chi connectivity index (χ2n) is 9.77. The Morgan fingerprint density at radius 1 is 1.16 bits per heavy atom. The predicted octanol–water partition coefficient (Wildman–Crippen LogP) is 6.98. The molecule has 1 aromatic carbocycles. The zero-order valence-electron chi connectivity index (χ0n) is 22.9. The third-order valence-corrected chi connectivity index (χ3v) is 6.27. The van der Waals surface area contributed by atoms with Crippen LogP contribution in [0.5, 0.6) is 5.75 Å². The fourth-order valence-corrected chi connectivity index (χ4v) is 4.46. The Morgan fingerprint density at radius 3 is 2.41 bits per heavy atom. The SMILES string of the molecule is C=CC=CC(=CC(=C)OC(C)C)CC1CCC(Oc2ccc(C(C)NC(=O)C(=CCC)ON)cc2)CC1. The standard InChI is InChI=1S/C31H44N2O4/c1-7-9-11-26(20-23(5)35-22(3)4)21-25-12-16-28(17-13-25)36-29-18-14-27(15-19-29)24(6)33-31(34)30(37-32)10-8-2/h7,9-11,14-15,18-20,22,24-25,28H,1,5,8,12-13,16-17,21,32H2,2-4,6H3,(H,33,34). The minimum Gasteiger partial charge on any atom is -0.492 e. The second kappa shape index (κ2) is 15.8. The van der Waals surface area contributed by atoms with Gasteiger partial charge < -0.3 is 19.6 Å². The van der Waals surface area contributed by atoms with Crippen molar-refractivity contribution in [3.05, 3.63) is 90.5 Å². The Kier molecular flexibility index (Phi) is 12.8. The first-order valence-corrected chi connectivity index (χ1v) is 13.2. The van der Waals surface area contributed by atoms with E-state index in [1.54, 1.807) is 12.2 Å². The highest BCUT2D eigenvalue weighted by Crippen LogP contribution is 2.32. The van der Waals surface area contributed by atoms with Crippen LogP contribution in [0.2, 0.25) is 0 Å². The first kappa shape index (κ1) is 30.0. The number of amides is 1. The topological polar surface area (TPSA) is 82.8 Å². The average Bonchev–Trinajstić information content (AvgIpc) is 2.86. The maximum absolute atomic E-state index is 12.3. The molecule has 0 bridgehead atoms. The summed E-state index contributed by atoms with van der Waals surface area (Å²) in [5.41, 5.74) is 2.19. The number of carbonyl (C=O) groups excluding carboxylic acids is 1. The third kappa shape index (κ3) is 10.7. The first-order chi connectivity index (χ1) is 17.7. The number of allylic oxidation sites excluding steroid dienone is 6. The second-order valence-corrected chi connectivity index (χ2v) is 9.77. The van der Waals surface area contributed by atoms with Gasteiger partial charge in [0, 0.05) is 0 Å². The van der Waals surface area contributed by atoms with Crippen LogP contribution in [0, 0.1) is 5.92 Å². The van der Waals surface area contributed by atoms with E-state index in [9.17, 15) is 4.79 Å². The Labute approximate surface area is 222 Å². The molecule has 1 aliphatic rings. The van der Waals surface area contributed by atoms with E-state index < -0.39 is 0 Å². The lowest BCUT2D eigenvalue weighted by atomic mass is 9.83. The van der Waals surface area contributed by atoms with Crippen LogP contribution in [0.1, 0.15) is 77.8 Å². The van der Waals surface area contributed by atoms with Crippen LogP contribution in [-0.4, -0.2) is 18.1 Å². The summed E-state index contributed by atoms with van der Waals surface area (Å²) >= 11 is 0. The molecule has 0 radical (unpaired) electrons. The molecule has 1 aromatic rings. The van der Waals surface area contributed by atoms with Crippen LogP contribution >= 0.6 is 0 Å². The number of carbonyl (C=O) groups is 1. The summed E-state index contributed by atoms with van der Waals surface area (Å²) in [7, 11) is 0. The Bertz CT molecular complexity index is 967. The highest BCUT2D eigenvalue weighted by atomic mass is 16.6. The maximum atomic E-state index is 12.3. The van der Waals surface area contributed by atoms with Gasteiger partial charge in [-0.15, -0.1) is 0 Å². The van der Waals surface area contributed by atoms with Crippen LogP contribution < -0.4 is 16.0 Å². The fraction of sp³-hybridized carbons (Fsp3) is 0.452. The monoisotopic (exact) mass is 508 g/mol. The largest absolute Gasteiger partial charge is 0.492 e. The number of rotatable bonds is 14. The van der Waals surface area contributed by atoms with Gasteiger partial charge >= 0.3 is 0 Å². The van der Waals surface area contributed by atoms with Gasteiger partial charge in [-0.25, -0.2) is 0 Å². The van der Waals surface area contributed by atoms with E-state index in [-0.39, 0.29) is 29.9 Å². The van der Waals surface area contributed by atoms with Crippen molar-refractivity contribution in [3.63, 3.8) is 0 Å². The van der Waals surface area contributed by atoms with Crippen molar-refractivity contribution in [1.82, 2.24) is 5.32 Å².